The summed E-state index contributed by atoms with van der Waals surface area (Å²) in [7, 11) is 0. The number of hydrogen-bond donors (Lipinski definition) is 0. The van der Waals surface area contributed by atoms with Crippen LogP contribution in [0.2, 0.25) is 0 Å². The van der Waals surface area contributed by atoms with E-state index < -0.39 is 0 Å². The smallest absolute Gasteiger partial charge is 0.143 e. The van der Waals surface area contributed by atoms with Gasteiger partial charge in [-0.15, -0.1) is 0 Å². The zero-order chi connectivity index (χ0) is 13.5. The Morgan fingerprint density at radius 2 is 1.74 bits per heavy atom. The van der Waals surface area contributed by atoms with Gasteiger partial charge in [-0.3, -0.25) is 4.79 Å². The molecule has 1 aliphatic rings. The lowest BCUT2D eigenvalue weighted by atomic mass is 9.82. The second-order valence-corrected chi connectivity index (χ2v) is 5.46. The fraction of sp³-hybridized carbons (Fsp3) is 0.529. The molecule has 1 aliphatic carbocycles. The molecule has 1 aromatic carbocycles. The van der Waals surface area contributed by atoms with Crippen LogP contribution in [-0.4, -0.2) is 12.1 Å². The lowest BCUT2D eigenvalue weighted by Crippen LogP contribution is -2.22. The van der Waals surface area contributed by atoms with Gasteiger partial charge in [0.25, 0.3) is 0 Å². The van der Waals surface area contributed by atoms with E-state index in [0.29, 0.717) is 6.42 Å². The van der Waals surface area contributed by atoms with Crippen LogP contribution >= 0.6 is 0 Å². The number of carbonyl (C=O) groups excluding carboxylic acids is 2. The van der Waals surface area contributed by atoms with Crippen molar-refractivity contribution < 1.29 is 9.59 Å². The second-order valence-electron chi connectivity index (χ2n) is 5.46. The van der Waals surface area contributed by atoms with Crippen molar-refractivity contribution in [3.8, 4) is 0 Å². The van der Waals surface area contributed by atoms with Crippen LogP contribution in [0.4, 0.5) is 0 Å². The summed E-state index contributed by atoms with van der Waals surface area (Å²) in [5, 5.41) is 0. The van der Waals surface area contributed by atoms with Crippen LogP contribution in [0.15, 0.2) is 30.3 Å². The highest BCUT2D eigenvalue weighted by atomic mass is 16.1. The normalized spacial score (nSPS) is 18.5. The third-order valence-electron chi connectivity index (χ3n) is 4.13. The maximum absolute atomic E-state index is 12.7. The number of aldehydes is 1. The van der Waals surface area contributed by atoms with Gasteiger partial charge in [-0.2, -0.15) is 0 Å². The van der Waals surface area contributed by atoms with E-state index in [1.54, 1.807) is 0 Å². The molecule has 2 heteroatoms. The average molecular weight is 258 g/mol. The molecule has 1 aromatic rings. The van der Waals surface area contributed by atoms with Crippen LogP contribution in [0.3, 0.4) is 0 Å². The van der Waals surface area contributed by atoms with E-state index in [1.807, 2.05) is 30.3 Å². The second kappa shape index (κ2) is 7.22. The molecule has 0 heterocycles. The fourth-order valence-electron chi connectivity index (χ4n) is 3.05. The highest BCUT2D eigenvalue weighted by Crippen LogP contribution is 2.30. The Kier molecular flexibility index (Phi) is 5.31. The summed E-state index contributed by atoms with van der Waals surface area (Å²) >= 11 is 0. The molecule has 19 heavy (non-hydrogen) atoms. The van der Waals surface area contributed by atoms with Crippen LogP contribution in [0.1, 0.15) is 56.4 Å². The topological polar surface area (TPSA) is 34.1 Å². The molecule has 0 aliphatic heterocycles. The van der Waals surface area contributed by atoms with E-state index in [2.05, 4.69) is 0 Å². The van der Waals surface area contributed by atoms with E-state index in [-0.39, 0.29) is 17.6 Å². The Balaban J connectivity index is 2.13. The van der Waals surface area contributed by atoms with Crippen LogP contribution in [0.25, 0.3) is 0 Å². The van der Waals surface area contributed by atoms with Crippen molar-refractivity contribution in [1.82, 2.24) is 0 Å². The van der Waals surface area contributed by atoms with Crippen molar-refractivity contribution in [3.05, 3.63) is 35.9 Å². The summed E-state index contributed by atoms with van der Waals surface area (Å²) in [5.74, 6) is 0.203. The summed E-state index contributed by atoms with van der Waals surface area (Å²) in [6.07, 6.45) is 7.99. The zero-order valence-corrected chi connectivity index (χ0v) is 11.4. The van der Waals surface area contributed by atoms with Gasteiger partial charge < -0.3 is 4.79 Å². The predicted octanol–water partition coefficient (Wildman–Crippen LogP) is 3.90. The first-order valence-corrected chi connectivity index (χ1v) is 7.35. The van der Waals surface area contributed by atoms with Crippen LogP contribution in [0, 0.1) is 5.92 Å². The zero-order valence-electron chi connectivity index (χ0n) is 11.4. The quantitative estimate of drug-likeness (QED) is 0.593. The minimum atomic E-state index is -0.234. The molecule has 1 unspecified atom stereocenters. The lowest BCUT2D eigenvalue weighted by Gasteiger charge is -2.20. The molecule has 0 saturated heterocycles. The third kappa shape index (κ3) is 3.76. The minimum Gasteiger partial charge on any atom is -0.303 e. The van der Waals surface area contributed by atoms with Gasteiger partial charge in [0.05, 0.1) is 0 Å². The van der Waals surface area contributed by atoms with Crippen molar-refractivity contribution in [2.45, 2.75) is 50.9 Å². The number of ketones is 1. The van der Waals surface area contributed by atoms with E-state index in [4.69, 9.17) is 0 Å². The molecule has 2 nitrogen and oxygen atoms in total. The molecule has 0 aromatic heterocycles. The Morgan fingerprint density at radius 1 is 1.11 bits per heavy atom. The lowest BCUT2D eigenvalue weighted by molar-refractivity contribution is -0.126. The highest BCUT2D eigenvalue weighted by molar-refractivity contribution is 5.89. The van der Waals surface area contributed by atoms with Crippen molar-refractivity contribution >= 4 is 12.1 Å². The molecule has 1 fully saturated rings. The largest absolute Gasteiger partial charge is 0.303 e. The highest BCUT2D eigenvalue weighted by Gasteiger charge is 2.28. The number of Topliss-reactive ketones (excluding diaryl/α,β-unsaturated/α-hetero) is 1. The Bertz CT molecular complexity index is 403. The SMILES string of the molecule is O=CCC(C(=O)C1CCCCCC1)c1ccccc1. The molecule has 0 radical (unpaired) electrons. The van der Waals surface area contributed by atoms with Gasteiger partial charge >= 0.3 is 0 Å². The third-order valence-corrected chi connectivity index (χ3v) is 4.13. The molecule has 0 amide bonds. The van der Waals surface area contributed by atoms with Gasteiger partial charge in [0, 0.05) is 18.3 Å². The van der Waals surface area contributed by atoms with Crippen LogP contribution < -0.4 is 0 Å². The van der Waals surface area contributed by atoms with Gasteiger partial charge in [-0.25, -0.2) is 0 Å². The van der Waals surface area contributed by atoms with Crippen LogP contribution in [-0.2, 0) is 9.59 Å². The Morgan fingerprint density at radius 3 is 2.32 bits per heavy atom. The maximum atomic E-state index is 12.7. The summed E-state index contributed by atoms with van der Waals surface area (Å²) in [6, 6.07) is 9.74. The minimum absolute atomic E-state index is 0.160. The molecule has 1 atom stereocenters. The van der Waals surface area contributed by atoms with Gasteiger partial charge in [0.1, 0.15) is 12.1 Å². The molecule has 0 spiro atoms. The van der Waals surface area contributed by atoms with E-state index in [0.717, 1.165) is 37.5 Å². The molecule has 0 bridgehead atoms. The Labute approximate surface area is 115 Å². The van der Waals surface area contributed by atoms with Gasteiger partial charge in [-0.05, 0) is 18.4 Å². The summed E-state index contributed by atoms with van der Waals surface area (Å²) in [6.45, 7) is 0. The van der Waals surface area contributed by atoms with Gasteiger partial charge in [-0.1, -0.05) is 56.0 Å². The number of rotatable bonds is 5. The Hall–Kier alpha value is -1.44. The van der Waals surface area contributed by atoms with E-state index in [9.17, 15) is 9.59 Å². The number of hydrogen-bond acceptors (Lipinski definition) is 2. The number of carbonyl (C=O) groups is 2. The summed E-state index contributed by atoms with van der Waals surface area (Å²) < 4.78 is 0. The molecule has 2 rings (SSSR count). The van der Waals surface area contributed by atoms with Crippen molar-refractivity contribution in [3.63, 3.8) is 0 Å². The predicted molar refractivity (Wildman–Crippen MR) is 76.1 cm³/mol. The van der Waals surface area contributed by atoms with Crippen molar-refractivity contribution in [2.75, 3.05) is 0 Å². The monoisotopic (exact) mass is 258 g/mol. The average Bonchev–Trinajstić information content (AvgIpc) is 2.74. The first-order valence-electron chi connectivity index (χ1n) is 7.35. The number of benzene rings is 1. The summed E-state index contributed by atoms with van der Waals surface area (Å²) in [5.41, 5.74) is 0.990. The first-order chi connectivity index (χ1) is 9.33. The van der Waals surface area contributed by atoms with Crippen molar-refractivity contribution in [2.24, 2.45) is 5.92 Å². The van der Waals surface area contributed by atoms with Gasteiger partial charge in [0.15, 0.2) is 0 Å². The van der Waals surface area contributed by atoms with Crippen LogP contribution in [0.5, 0.6) is 0 Å². The standard InChI is InChI=1S/C17H22O2/c18-13-12-16(14-8-6-3-7-9-14)17(19)15-10-4-1-2-5-11-15/h3,6-9,13,15-16H,1-2,4-5,10-12H2. The van der Waals surface area contributed by atoms with E-state index >= 15 is 0 Å². The molecular weight excluding hydrogens is 236 g/mol. The van der Waals surface area contributed by atoms with Gasteiger partial charge in [0.2, 0.25) is 0 Å². The molecule has 1 saturated carbocycles. The fourth-order valence-corrected chi connectivity index (χ4v) is 3.05. The molecular formula is C17H22O2. The summed E-state index contributed by atoms with van der Waals surface area (Å²) in [4.78, 5) is 23.6. The molecule has 0 N–H and O–H groups in total. The maximum Gasteiger partial charge on any atom is 0.143 e. The van der Waals surface area contributed by atoms with E-state index in [1.165, 1.54) is 12.8 Å². The van der Waals surface area contributed by atoms with Crippen molar-refractivity contribution in [1.29, 1.82) is 0 Å². The molecule has 102 valence electrons. The first kappa shape index (κ1) is 14.0.